The second kappa shape index (κ2) is 2.84. The zero-order chi connectivity index (χ0) is 9.30. The second-order valence-corrected chi connectivity index (χ2v) is 2.63. The van der Waals surface area contributed by atoms with E-state index in [4.69, 9.17) is 0 Å². The van der Waals surface area contributed by atoms with Gasteiger partial charge in [-0.3, -0.25) is 19.9 Å². The minimum absolute atomic E-state index is 0.255. The molecule has 0 N–H and O–H groups in total. The number of hydrogen-bond acceptors (Lipinski definition) is 4. The lowest BCUT2D eigenvalue weighted by atomic mass is 10.1. The van der Waals surface area contributed by atoms with E-state index in [1.165, 1.54) is 13.0 Å². The number of allylic oxidation sites excluding steroid dienone is 1. The highest BCUT2D eigenvalue weighted by atomic mass is 16.6. The first kappa shape index (κ1) is 8.58. The van der Waals surface area contributed by atoms with Gasteiger partial charge in [0.15, 0.2) is 0 Å². The summed E-state index contributed by atoms with van der Waals surface area (Å²) in [6.45, 7) is 3.12. The van der Waals surface area contributed by atoms with Gasteiger partial charge in [-0.1, -0.05) is 0 Å². The van der Waals surface area contributed by atoms with Crippen LogP contribution in [0.5, 0.6) is 0 Å². The average Bonchev–Trinajstić information content (AvgIpc) is 1.82. The number of nitro groups is 1. The first-order valence-corrected chi connectivity index (χ1v) is 3.43. The van der Waals surface area contributed by atoms with Gasteiger partial charge in [0.1, 0.15) is 0 Å². The number of rotatable bonds is 1. The van der Waals surface area contributed by atoms with E-state index in [2.05, 4.69) is 4.99 Å². The molecule has 0 bridgehead atoms. The Labute approximate surface area is 68.9 Å². The molecule has 0 aromatic heterocycles. The number of hydrogen-bond donors (Lipinski definition) is 0. The van der Waals surface area contributed by atoms with Gasteiger partial charge in [-0.05, 0) is 13.8 Å². The van der Waals surface area contributed by atoms with Crippen LogP contribution in [-0.2, 0) is 4.79 Å². The lowest BCUT2D eigenvalue weighted by Gasteiger charge is -2.10. The van der Waals surface area contributed by atoms with Gasteiger partial charge in [-0.2, -0.15) is 0 Å². The minimum atomic E-state index is -1.27. The molecule has 0 aromatic rings. The molecule has 0 radical (unpaired) electrons. The molecule has 0 aromatic carbocycles. The van der Waals surface area contributed by atoms with E-state index in [1.807, 2.05) is 0 Å². The predicted molar refractivity (Wildman–Crippen MR) is 42.7 cm³/mol. The van der Waals surface area contributed by atoms with Crippen LogP contribution in [0.25, 0.3) is 0 Å². The van der Waals surface area contributed by atoms with E-state index < -0.39 is 16.7 Å². The summed E-state index contributed by atoms with van der Waals surface area (Å²) in [7, 11) is 0. The van der Waals surface area contributed by atoms with Crippen LogP contribution >= 0.6 is 0 Å². The van der Waals surface area contributed by atoms with Gasteiger partial charge >= 0.3 is 6.04 Å². The molecule has 12 heavy (non-hydrogen) atoms. The molecule has 1 rings (SSSR count). The summed E-state index contributed by atoms with van der Waals surface area (Å²) in [6.07, 6.45) is 1.19. The van der Waals surface area contributed by atoms with Crippen molar-refractivity contribution in [3.63, 3.8) is 0 Å². The van der Waals surface area contributed by atoms with E-state index in [1.54, 1.807) is 6.92 Å². The zero-order valence-electron chi connectivity index (χ0n) is 6.77. The van der Waals surface area contributed by atoms with E-state index >= 15 is 0 Å². The summed E-state index contributed by atoms with van der Waals surface area (Å²) in [5.41, 5.74) is 0.778. The van der Waals surface area contributed by atoms with Gasteiger partial charge in [-0.25, -0.2) is 0 Å². The van der Waals surface area contributed by atoms with Crippen molar-refractivity contribution in [2.45, 2.75) is 19.9 Å². The maximum absolute atomic E-state index is 11.1. The third-order valence-electron chi connectivity index (χ3n) is 1.58. The van der Waals surface area contributed by atoms with Crippen molar-refractivity contribution in [2.75, 3.05) is 0 Å². The maximum atomic E-state index is 11.1. The Hall–Kier alpha value is -1.52. The standard InChI is InChI=1S/C7H8N2O3/c1-4-3-6(10)7(9(11)12)5(2)8-4/h3,7H,1-2H3. The largest absolute Gasteiger partial charge is 0.311 e. The van der Waals surface area contributed by atoms with Crippen molar-refractivity contribution in [3.05, 3.63) is 21.9 Å². The summed E-state index contributed by atoms with van der Waals surface area (Å²) < 4.78 is 0. The summed E-state index contributed by atoms with van der Waals surface area (Å²) in [4.78, 5) is 24.6. The number of carbonyl (C=O) groups is 1. The molecule has 0 aliphatic carbocycles. The van der Waals surface area contributed by atoms with Crippen molar-refractivity contribution in [1.82, 2.24) is 0 Å². The quantitative estimate of drug-likeness (QED) is 0.424. The summed E-state index contributed by atoms with van der Waals surface area (Å²) in [5.74, 6) is -0.495. The van der Waals surface area contributed by atoms with E-state index in [0.29, 0.717) is 5.70 Å². The molecular formula is C7H8N2O3. The van der Waals surface area contributed by atoms with Gasteiger partial charge in [0.05, 0.1) is 5.71 Å². The Morgan fingerprint density at radius 3 is 2.58 bits per heavy atom. The molecule has 5 nitrogen and oxygen atoms in total. The molecule has 1 aliphatic heterocycles. The summed E-state index contributed by atoms with van der Waals surface area (Å²) in [5, 5.41) is 10.4. The van der Waals surface area contributed by atoms with Crippen molar-refractivity contribution in [3.8, 4) is 0 Å². The topological polar surface area (TPSA) is 72.6 Å². The highest BCUT2D eigenvalue weighted by Crippen LogP contribution is 2.09. The van der Waals surface area contributed by atoms with Crippen LogP contribution in [-0.4, -0.2) is 22.5 Å². The fraction of sp³-hybridized carbons (Fsp3) is 0.429. The molecule has 0 saturated carbocycles. The lowest BCUT2D eigenvalue weighted by Crippen LogP contribution is -2.37. The first-order valence-electron chi connectivity index (χ1n) is 3.43. The molecule has 0 saturated heterocycles. The fourth-order valence-electron chi connectivity index (χ4n) is 1.12. The number of nitrogens with zero attached hydrogens (tertiary/aromatic N) is 2. The van der Waals surface area contributed by atoms with Crippen molar-refractivity contribution >= 4 is 11.5 Å². The minimum Gasteiger partial charge on any atom is -0.287 e. The van der Waals surface area contributed by atoms with Gasteiger partial charge in [0, 0.05) is 16.7 Å². The molecule has 0 spiro atoms. The summed E-state index contributed by atoms with van der Waals surface area (Å²) in [6, 6.07) is -1.27. The number of aliphatic imine (C=N–C) groups is 1. The molecule has 5 heteroatoms. The van der Waals surface area contributed by atoms with E-state index in [-0.39, 0.29) is 5.71 Å². The Balaban J connectivity index is 3.03. The van der Waals surface area contributed by atoms with Gasteiger partial charge in [0.25, 0.3) is 0 Å². The van der Waals surface area contributed by atoms with Crippen LogP contribution in [0.2, 0.25) is 0 Å². The maximum Gasteiger partial charge on any atom is 0.311 e. The molecule has 0 amide bonds. The molecule has 1 atom stereocenters. The Bertz CT molecular complexity index is 304. The van der Waals surface area contributed by atoms with Crippen LogP contribution < -0.4 is 0 Å². The number of carbonyl (C=O) groups excluding carboxylic acids is 1. The molecule has 1 aliphatic rings. The van der Waals surface area contributed by atoms with Crippen LogP contribution in [0, 0.1) is 10.1 Å². The highest BCUT2D eigenvalue weighted by molar-refractivity contribution is 6.13. The van der Waals surface area contributed by atoms with Gasteiger partial charge in [-0.15, -0.1) is 0 Å². The van der Waals surface area contributed by atoms with Crippen molar-refractivity contribution in [2.24, 2.45) is 4.99 Å². The Morgan fingerprint density at radius 1 is 1.58 bits per heavy atom. The Morgan fingerprint density at radius 2 is 2.17 bits per heavy atom. The van der Waals surface area contributed by atoms with Crippen LogP contribution in [0.15, 0.2) is 16.8 Å². The van der Waals surface area contributed by atoms with Crippen molar-refractivity contribution < 1.29 is 9.72 Å². The second-order valence-electron chi connectivity index (χ2n) is 2.63. The number of ketones is 1. The average molecular weight is 168 g/mol. The van der Waals surface area contributed by atoms with E-state index in [9.17, 15) is 14.9 Å². The Kier molecular flexibility index (Phi) is 2.03. The molecule has 64 valence electrons. The van der Waals surface area contributed by atoms with Gasteiger partial charge in [0.2, 0.25) is 5.78 Å². The SMILES string of the molecule is CC1=CC(=O)C([N+](=O)[O-])C(C)=N1. The predicted octanol–water partition coefficient (Wildman–Crippen LogP) is 0.579. The third kappa shape index (κ3) is 1.39. The van der Waals surface area contributed by atoms with Crippen molar-refractivity contribution in [1.29, 1.82) is 0 Å². The highest BCUT2D eigenvalue weighted by Gasteiger charge is 2.33. The van der Waals surface area contributed by atoms with Crippen LogP contribution in [0.4, 0.5) is 0 Å². The molecule has 1 unspecified atom stereocenters. The zero-order valence-corrected chi connectivity index (χ0v) is 6.77. The third-order valence-corrected chi connectivity index (χ3v) is 1.58. The lowest BCUT2D eigenvalue weighted by molar-refractivity contribution is -0.488. The molecular weight excluding hydrogens is 160 g/mol. The van der Waals surface area contributed by atoms with Crippen LogP contribution in [0.1, 0.15) is 13.8 Å². The first-order chi connectivity index (χ1) is 5.52. The smallest absolute Gasteiger partial charge is 0.287 e. The molecule has 1 heterocycles. The summed E-state index contributed by atoms with van der Waals surface area (Å²) >= 11 is 0. The fourth-order valence-corrected chi connectivity index (χ4v) is 1.12. The monoisotopic (exact) mass is 168 g/mol. The molecule has 0 fully saturated rings. The van der Waals surface area contributed by atoms with Crippen LogP contribution in [0.3, 0.4) is 0 Å². The normalized spacial score (nSPS) is 23.2. The van der Waals surface area contributed by atoms with E-state index in [0.717, 1.165) is 0 Å². The van der Waals surface area contributed by atoms with Gasteiger partial charge < -0.3 is 0 Å².